The highest BCUT2D eigenvalue weighted by molar-refractivity contribution is 7.09. The smallest absolute Gasteiger partial charge is 0.234 e. The quantitative estimate of drug-likeness (QED) is 0.426. The first-order chi connectivity index (χ1) is 15.8. The highest BCUT2D eigenvalue weighted by Gasteiger charge is 2.30. The van der Waals surface area contributed by atoms with Crippen LogP contribution >= 0.6 is 11.3 Å². The Bertz CT molecular complexity index is 1090. The van der Waals surface area contributed by atoms with Gasteiger partial charge in [-0.1, -0.05) is 60.7 Å². The molecule has 32 heavy (non-hydrogen) atoms. The Morgan fingerprint density at radius 3 is 2.16 bits per heavy atom. The lowest BCUT2D eigenvalue weighted by atomic mass is 9.90. The molecule has 1 saturated heterocycles. The van der Waals surface area contributed by atoms with Crippen LogP contribution in [0.15, 0.2) is 88.9 Å². The second-order valence-electron chi connectivity index (χ2n) is 7.96. The molecule has 0 spiro atoms. The molecule has 3 heterocycles. The van der Waals surface area contributed by atoms with E-state index < -0.39 is 0 Å². The summed E-state index contributed by atoms with van der Waals surface area (Å²) in [5.41, 5.74) is 2.97. The molecule has 0 N–H and O–H groups in total. The fraction of sp³-hybridized carbons (Fsp3) is 0.231. The van der Waals surface area contributed by atoms with Crippen molar-refractivity contribution in [1.29, 1.82) is 0 Å². The molecule has 5 nitrogen and oxygen atoms in total. The van der Waals surface area contributed by atoms with Crippen LogP contribution in [0.3, 0.4) is 0 Å². The van der Waals surface area contributed by atoms with Gasteiger partial charge in [-0.3, -0.25) is 9.69 Å². The van der Waals surface area contributed by atoms with Gasteiger partial charge in [0.05, 0.1) is 18.7 Å². The number of hydrogen-bond donors (Lipinski definition) is 0. The van der Waals surface area contributed by atoms with Crippen LogP contribution in [-0.4, -0.2) is 46.9 Å². The zero-order chi connectivity index (χ0) is 21.8. The number of hydrogen-bond acceptors (Lipinski definition) is 5. The van der Waals surface area contributed by atoms with E-state index in [-0.39, 0.29) is 11.8 Å². The van der Waals surface area contributed by atoms with Crippen LogP contribution in [0.4, 0.5) is 0 Å². The summed E-state index contributed by atoms with van der Waals surface area (Å²) in [4.78, 5) is 22.7. The van der Waals surface area contributed by atoms with Crippen molar-refractivity contribution < 1.29 is 9.21 Å². The van der Waals surface area contributed by atoms with Gasteiger partial charge in [0.1, 0.15) is 10.7 Å². The number of rotatable bonds is 6. The van der Waals surface area contributed by atoms with Crippen molar-refractivity contribution in [3.8, 4) is 11.5 Å². The lowest BCUT2D eigenvalue weighted by Crippen LogP contribution is -2.49. The van der Waals surface area contributed by atoms with E-state index in [0.29, 0.717) is 0 Å². The zero-order valence-corrected chi connectivity index (χ0v) is 18.6. The molecule has 2 aromatic heterocycles. The van der Waals surface area contributed by atoms with Gasteiger partial charge in [-0.2, -0.15) is 0 Å². The highest BCUT2D eigenvalue weighted by atomic mass is 32.1. The number of carbonyl (C=O) groups excluding carboxylic acids is 1. The Morgan fingerprint density at radius 1 is 0.906 bits per heavy atom. The molecule has 5 rings (SSSR count). The second kappa shape index (κ2) is 9.51. The Labute approximate surface area is 191 Å². The van der Waals surface area contributed by atoms with Crippen LogP contribution in [0.2, 0.25) is 0 Å². The summed E-state index contributed by atoms with van der Waals surface area (Å²) >= 11 is 1.65. The highest BCUT2D eigenvalue weighted by Crippen LogP contribution is 2.28. The summed E-state index contributed by atoms with van der Waals surface area (Å²) < 4.78 is 5.45. The summed E-state index contributed by atoms with van der Waals surface area (Å²) in [6.07, 6.45) is 1.67. The summed E-state index contributed by atoms with van der Waals surface area (Å²) in [5, 5.41) is 3.11. The zero-order valence-electron chi connectivity index (χ0n) is 17.8. The Kier molecular flexibility index (Phi) is 6.14. The topological polar surface area (TPSA) is 49.6 Å². The number of benzene rings is 2. The van der Waals surface area contributed by atoms with E-state index in [1.807, 2.05) is 83.1 Å². The summed E-state index contributed by atoms with van der Waals surface area (Å²) in [6.45, 7) is 3.94. The number of carbonyl (C=O) groups is 1. The predicted octanol–water partition coefficient (Wildman–Crippen LogP) is 4.88. The van der Waals surface area contributed by atoms with E-state index >= 15 is 0 Å². The van der Waals surface area contributed by atoms with Gasteiger partial charge < -0.3 is 9.32 Å². The maximum absolute atomic E-state index is 13.6. The summed E-state index contributed by atoms with van der Waals surface area (Å²) in [5.74, 6) is 0.714. The van der Waals surface area contributed by atoms with Crippen molar-refractivity contribution in [3.05, 3.63) is 101 Å². The molecule has 4 aromatic rings. The molecule has 162 valence electrons. The number of thiazole rings is 1. The van der Waals surface area contributed by atoms with E-state index in [1.165, 1.54) is 0 Å². The maximum Gasteiger partial charge on any atom is 0.234 e. The average molecular weight is 444 g/mol. The number of piperazine rings is 1. The van der Waals surface area contributed by atoms with Gasteiger partial charge in [0.15, 0.2) is 5.76 Å². The van der Waals surface area contributed by atoms with Gasteiger partial charge >= 0.3 is 0 Å². The third-order valence-electron chi connectivity index (χ3n) is 5.88. The third kappa shape index (κ3) is 4.52. The van der Waals surface area contributed by atoms with Crippen LogP contribution in [-0.2, 0) is 11.3 Å². The molecule has 0 unspecified atom stereocenters. The van der Waals surface area contributed by atoms with Gasteiger partial charge in [0, 0.05) is 31.6 Å². The fourth-order valence-electron chi connectivity index (χ4n) is 4.19. The van der Waals surface area contributed by atoms with Gasteiger partial charge in [-0.05, 0) is 23.3 Å². The molecule has 1 fully saturated rings. The van der Waals surface area contributed by atoms with Crippen LogP contribution in [0.5, 0.6) is 0 Å². The average Bonchev–Trinajstić information content (AvgIpc) is 3.53. The molecule has 0 aliphatic carbocycles. The first-order valence-corrected chi connectivity index (χ1v) is 11.8. The van der Waals surface area contributed by atoms with Crippen LogP contribution in [0, 0.1) is 0 Å². The van der Waals surface area contributed by atoms with Crippen LogP contribution in [0.25, 0.3) is 11.5 Å². The first kappa shape index (κ1) is 20.7. The molecule has 0 bridgehead atoms. The Morgan fingerprint density at radius 2 is 1.56 bits per heavy atom. The minimum Gasteiger partial charge on any atom is -0.463 e. The maximum atomic E-state index is 13.6. The van der Waals surface area contributed by atoms with Crippen molar-refractivity contribution in [2.24, 2.45) is 0 Å². The van der Waals surface area contributed by atoms with E-state index in [0.717, 1.165) is 60.3 Å². The minimum atomic E-state index is -0.265. The van der Waals surface area contributed by atoms with E-state index in [1.54, 1.807) is 17.6 Å². The van der Waals surface area contributed by atoms with Gasteiger partial charge in [-0.15, -0.1) is 11.3 Å². The van der Waals surface area contributed by atoms with Crippen LogP contribution in [0.1, 0.15) is 22.1 Å². The summed E-state index contributed by atoms with van der Waals surface area (Å²) in [7, 11) is 0. The van der Waals surface area contributed by atoms with E-state index in [4.69, 9.17) is 9.40 Å². The van der Waals surface area contributed by atoms with Crippen molar-refractivity contribution >= 4 is 17.2 Å². The van der Waals surface area contributed by atoms with E-state index in [2.05, 4.69) is 4.90 Å². The minimum absolute atomic E-state index is 0.177. The van der Waals surface area contributed by atoms with Crippen LogP contribution < -0.4 is 0 Å². The molecule has 1 aliphatic heterocycles. The standard InChI is InChI=1S/C26H25N3O2S/c30-26(25(20-8-3-1-4-9-20)21-10-5-2-6-11-21)29-15-13-28(14-16-29)18-24-27-22(19-32-24)23-12-7-17-31-23/h1-12,17,19,25H,13-16,18H2. The van der Waals surface area contributed by atoms with E-state index in [9.17, 15) is 4.79 Å². The lowest BCUT2D eigenvalue weighted by molar-refractivity contribution is -0.133. The number of aromatic nitrogens is 1. The van der Waals surface area contributed by atoms with Gasteiger partial charge in [0.25, 0.3) is 0 Å². The van der Waals surface area contributed by atoms with Gasteiger partial charge in [0.2, 0.25) is 5.91 Å². The molecule has 0 saturated carbocycles. The number of amides is 1. The largest absolute Gasteiger partial charge is 0.463 e. The molecule has 1 amide bonds. The second-order valence-corrected chi connectivity index (χ2v) is 8.90. The first-order valence-electron chi connectivity index (χ1n) is 10.9. The monoisotopic (exact) mass is 443 g/mol. The fourth-order valence-corrected chi connectivity index (χ4v) is 5.01. The number of nitrogens with zero attached hydrogens (tertiary/aromatic N) is 3. The summed E-state index contributed by atoms with van der Waals surface area (Å²) in [6, 6.07) is 24.0. The van der Waals surface area contributed by atoms with Crippen molar-refractivity contribution in [1.82, 2.24) is 14.8 Å². The van der Waals surface area contributed by atoms with Crippen molar-refractivity contribution in [2.75, 3.05) is 26.2 Å². The Hall–Kier alpha value is -3.22. The lowest BCUT2D eigenvalue weighted by Gasteiger charge is -2.36. The third-order valence-corrected chi connectivity index (χ3v) is 6.71. The number of furan rings is 1. The molecular weight excluding hydrogens is 418 g/mol. The predicted molar refractivity (Wildman–Crippen MR) is 126 cm³/mol. The molecule has 0 radical (unpaired) electrons. The molecular formula is C26H25N3O2S. The molecule has 2 aromatic carbocycles. The molecule has 0 atom stereocenters. The van der Waals surface area contributed by atoms with Crippen molar-refractivity contribution in [2.45, 2.75) is 12.5 Å². The van der Waals surface area contributed by atoms with Crippen molar-refractivity contribution in [3.63, 3.8) is 0 Å². The SMILES string of the molecule is O=C(C(c1ccccc1)c1ccccc1)N1CCN(Cc2nc(-c3ccco3)cs2)CC1. The normalized spacial score (nSPS) is 14.7. The molecule has 1 aliphatic rings. The molecule has 6 heteroatoms. The van der Waals surface area contributed by atoms with Gasteiger partial charge in [-0.25, -0.2) is 4.98 Å². The Balaban J connectivity index is 1.24.